The second-order valence-corrected chi connectivity index (χ2v) is 5.45. The van der Waals surface area contributed by atoms with E-state index in [2.05, 4.69) is 0 Å². The van der Waals surface area contributed by atoms with Gasteiger partial charge in [0.25, 0.3) is 0 Å². The van der Waals surface area contributed by atoms with Crippen molar-refractivity contribution in [2.24, 2.45) is 5.73 Å². The van der Waals surface area contributed by atoms with Crippen molar-refractivity contribution >= 4 is 5.97 Å². The van der Waals surface area contributed by atoms with Crippen LogP contribution in [0.3, 0.4) is 0 Å². The standard InChI is InChI=1S/C12H23NO2/c1-10(14)15-11(2,3)9-12(13)7-5-4-6-8-12/h4-9,13H2,1-3H3. The maximum absolute atomic E-state index is 10.9. The lowest BCUT2D eigenvalue weighted by molar-refractivity contribution is -0.155. The molecule has 88 valence electrons. The highest BCUT2D eigenvalue weighted by molar-refractivity contribution is 5.66. The van der Waals surface area contributed by atoms with Crippen molar-refractivity contribution in [1.82, 2.24) is 0 Å². The maximum atomic E-state index is 10.9. The van der Waals surface area contributed by atoms with Gasteiger partial charge in [0.05, 0.1) is 0 Å². The summed E-state index contributed by atoms with van der Waals surface area (Å²) in [6.45, 7) is 5.33. The van der Waals surface area contributed by atoms with Gasteiger partial charge in [-0.1, -0.05) is 19.3 Å². The van der Waals surface area contributed by atoms with Crippen LogP contribution in [-0.4, -0.2) is 17.1 Å². The van der Waals surface area contributed by atoms with Gasteiger partial charge in [0.1, 0.15) is 5.60 Å². The van der Waals surface area contributed by atoms with Gasteiger partial charge >= 0.3 is 5.97 Å². The Morgan fingerprint density at radius 3 is 2.33 bits per heavy atom. The van der Waals surface area contributed by atoms with Crippen LogP contribution in [0.5, 0.6) is 0 Å². The molecule has 0 spiro atoms. The largest absolute Gasteiger partial charge is 0.460 e. The Morgan fingerprint density at radius 2 is 1.87 bits per heavy atom. The Kier molecular flexibility index (Phi) is 3.77. The fourth-order valence-electron chi connectivity index (χ4n) is 2.71. The van der Waals surface area contributed by atoms with Crippen molar-refractivity contribution in [3.8, 4) is 0 Å². The summed E-state index contributed by atoms with van der Waals surface area (Å²) >= 11 is 0. The number of hydrogen-bond acceptors (Lipinski definition) is 3. The SMILES string of the molecule is CC(=O)OC(C)(C)CC1(N)CCCCC1. The Balaban J connectivity index is 2.54. The molecular weight excluding hydrogens is 190 g/mol. The predicted molar refractivity (Wildman–Crippen MR) is 60.5 cm³/mol. The minimum Gasteiger partial charge on any atom is -0.460 e. The first-order valence-corrected chi connectivity index (χ1v) is 5.82. The van der Waals surface area contributed by atoms with Crippen LogP contribution in [0.25, 0.3) is 0 Å². The zero-order chi connectivity index (χ0) is 11.5. The van der Waals surface area contributed by atoms with E-state index in [-0.39, 0.29) is 11.5 Å². The number of rotatable bonds is 3. The molecule has 1 aliphatic carbocycles. The fraction of sp³-hybridized carbons (Fsp3) is 0.917. The van der Waals surface area contributed by atoms with E-state index in [1.165, 1.54) is 26.2 Å². The Bertz CT molecular complexity index is 230. The average Bonchev–Trinajstić information content (AvgIpc) is 1.99. The average molecular weight is 213 g/mol. The smallest absolute Gasteiger partial charge is 0.303 e. The molecule has 1 rings (SSSR count). The first-order chi connectivity index (χ1) is 6.83. The first kappa shape index (κ1) is 12.5. The van der Waals surface area contributed by atoms with Gasteiger partial charge in [-0.05, 0) is 26.7 Å². The highest BCUT2D eigenvalue weighted by Crippen LogP contribution is 2.33. The molecule has 0 bridgehead atoms. The summed E-state index contributed by atoms with van der Waals surface area (Å²) in [4.78, 5) is 10.9. The molecule has 0 atom stereocenters. The molecular formula is C12H23NO2. The van der Waals surface area contributed by atoms with Gasteiger partial charge in [-0.2, -0.15) is 0 Å². The minimum absolute atomic E-state index is 0.128. The van der Waals surface area contributed by atoms with Crippen molar-refractivity contribution in [2.75, 3.05) is 0 Å². The van der Waals surface area contributed by atoms with Crippen LogP contribution >= 0.6 is 0 Å². The van der Waals surface area contributed by atoms with Crippen LogP contribution < -0.4 is 5.73 Å². The van der Waals surface area contributed by atoms with E-state index in [4.69, 9.17) is 10.5 Å². The van der Waals surface area contributed by atoms with Crippen molar-refractivity contribution < 1.29 is 9.53 Å². The number of ether oxygens (including phenoxy) is 1. The highest BCUT2D eigenvalue weighted by atomic mass is 16.6. The zero-order valence-electron chi connectivity index (χ0n) is 10.1. The van der Waals surface area contributed by atoms with Crippen molar-refractivity contribution in [2.45, 2.75) is 70.4 Å². The lowest BCUT2D eigenvalue weighted by Crippen LogP contribution is -2.48. The molecule has 0 aromatic rings. The summed E-state index contributed by atoms with van der Waals surface area (Å²) in [5.74, 6) is -0.223. The predicted octanol–water partition coefficient (Wildman–Crippen LogP) is 2.38. The van der Waals surface area contributed by atoms with Gasteiger partial charge < -0.3 is 10.5 Å². The first-order valence-electron chi connectivity index (χ1n) is 5.82. The zero-order valence-corrected chi connectivity index (χ0v) is 10.1. The van der Waals surface area contributed by atoms with E-state index in [0.29, 0.717) is 0 Å². The van der Waals surface area contributed by atoms with Crippen LogP contribution in [0.1, 0.15) is 59.3 Å². The molecule has 0 heterocycles. The van der Waals surface area contributed by atoms with Crippen LogP contribution in [0.4, 0.5) is 0 Å². The van der Waals surface area contributed by atoms with E-state index in [9.17, 15) is 4.79 Å². The summed E-state index contributed by atoms with van der Waals surface area (Å²) in [6, 6.07) is 0. The van der Waals surface area contributed by atoms with Gasteiger partial charge in [0.15, 0.2) is 0 Å². The van der Waals surface area contributed by atoms with E-state index in [0.717, 1.165) is 19.3 Å². The van der Waals surface area contributed by atoms with E-state index in [1.54, 1.807) is 0 Å². The van der Waals surface area contributed by atoms with E-state index < -0.39 is 5.60 Å². The second kappa shape index (κ2) is 4.52. The van der Waals surface area contributed by atoms with E-state index in [1.807, 2.05) is 13.8 Å². The lowest BCUT2D eigenvalue weighted by atomic mass is 9.76. The third-order valence-electron chi connectivity index (χ3n) is 3.05. The molecule has 15 heavy (non-hydrogen) atoms. The van der Waals surface area contributed by atoms with Crippen LogP contribution in [0, 0.1) is 0 Å². The molecule has 0 aromatic heterocycles. The van der Waals surface area contributed by atoms with Crippen LogP contribution in [-0.2, 0) is 9.53 Å². The number of nitrogens with two attached hydrogens (primary N) is 1. The molecule has 0 aliphatic heterocycles. The Morgan fingerprint density at radius 1 is 1.33 bits per heavy atom. The molecule has 3 nitrogen and oxygen atoms in total. The number of carbonyl (C=O) groups is 1. The topological polar surface area (TPSA) is 52.3 Å². The highest BCUT2D eigenvalue weighted by Gasteiger charge is 2.35. The molecule has 0 radical (unpaired) electrons. The summed E-state index contributed by atoms with van der Waals surface area (Å²) < 4.78 is 5.29. The normalized spacial score (nSPS) is 21.1. The summed E-state index contributed by atoms with van der Waals surface area (Å²) in [6.07, 6.45) is 6.56. The van der Waals surface area contributed by atoms with Crippen molar-refractivity contribution in [3.63, 3.8) is 0 Å². The quantitative estimate of drug-likeness (QED) is 0.732. The van der Waals surface area contributed by atoms with Gasteiger partial charge in [0.2, 0.25) is 0 Å². The van der Waals surface area contributed by atoms with Crippen LogP contribution in [0.2, 0.25) is 0 Å². The lowest BCUT2D eigenvalue weighted by Gasteiger charge is -2.39. The number of hydrogen-bond donors (Lipinski definition) is 1. The summed E-state index contributed by atoms with van der Waals surface area (Å²) in [7, 11) is 0. The molecule has 0 aromatic carbocycles. The van der Waals surface area contributed by atoms with Gasteiger partial charge in [-0.15, -0.1) is 0 Å². The molecule has 3 heteroatoms. The molecule has 0 unspecified atom stereocenters. The monoisotopic (exact) mass is 213 g/mol. The summed E-state index contributed by atoms with van der Waals surface area (Å²) in [5.41, 5.74) is 5.77. The van der Waals surface area contributed by atoms with Gasteiger partial charge in [0, 0.05) is 18.9 Å². The Hall–Kier alpha value is -0.570. The third-order valence-corrected chi connectivity index (χ3v) is 3.05. The molecule has 1 fully saturated rings. The second-order valence-electron chi connectivity index (χ2n) is 5.45. The third kappa shape index (κ3) is 4.20. The maximum Gasteiger partial charge on any atom is 0.303 e. The van der Waals surface area contributed by atoms with E-state index >= 15 is 0 Å². The molecule has 0 amide bonds. The number of esters is 1. The number of carbonyl (C=O) groups excluding carboxylic acids is 1. The molecule has 2 N–H and O–H groups in total. The fourth-order valence-corrected chi connectivity index (χ4v) is 2.71. The molecule has 0 saturated heterocycles. The van der Waals surface area contributed by atoms with Gasteiger partial charge in [-0.3, -0.25) is 4.79 Å². The van der Waals surface area contributed by atoms with Crippen molar-refractivity contribution in [3.05, 3.63) is 0 Å². The van der Waals surface area contributed by atoms with Crippen molar-refractivity contribution in [1.29, 1.82) is 0 Å². The molecule has 1 aliphatic rings. The Labute approximate surface area is 92.4 Å². The van der Waals surface area contributed by atoms with Crippen LogP contribution in [0.15, 0.2) is 0 Å². The van der Waals surface area contributed by atoms with Gasteiger partial charge in [-0.25, -0.2) is 0 Å². The summed E-state index contributed by atoms with van der Waals surface area (Å²) in [5, 5.41) is 0. The minimum atomic E-state index is -0.433. The molecule has 1 saturated carbocycles.